The number of hydrogen-bond donors (Lipinski definition) is 0. The van der Waals surface area contributed by atoms with Crippen LogP contribution in [0.15, 0.2) is 24.3 Å². The van der Waals surface area contributed by atoms with Gasteiger partial charge in [-0.2, -0.15) is 0 Å². The van der Waals surface area contributed by atoms with E-state index in [1.54, 1.807) is 11.0 Å². The molecule has 0 saturated carbocycles. The minimum absolute atomic E-state index is 0.0498. The van der Waals surface area contributed by atoms with E-state index in [1.807, 2.05) is 18.2 Å². The molecule has 1 fully saturated rings. The molecular formula is C14H15NO3. The summed E-state index contributed by atoms with van der Waals surface area (Å²) < 4.78 is 5.26. The van der Waals surface area contributed by atoms with Gasteiger partial charge in [0.15, 0.2) is 5.78 Å². The SMILES string of the molecule is O=C1CCN(C(=O)C2CCOC2)c2ccccc21. The van der Waals surface area contributed by atoms with Crippen LogP contribution < -0.4 is 4.90 Å². The standard InChI is InChI=1S/C14H15NO3/c16-13-5-7-15(12-4-2-1-3-11(12)13)14(17)10-6-8-18-9-10/h1-4,10H,5-9H2. The summed E-state index contributed by atoms with van der Waals surface area (Å²) >= 11 is 0. The Bertz CT molecular complexity index is 492. The number of fused-ring (bicyclic) bond motifs is 1. The van der Waals surface area contributed by atoms with Crippen molar-refractivity contribution in [2.24, 2.45) is 5.92 Å². The first-order valence-corrected chi connectivity index (χ1v) is 6.29. The van der Waals surface area contributed by atoms with Gasteiger partial charge in [0.05, 0.1) is 18.2 Å². The summed E-state index contributed by atoms with van der Waals surface area (Å²) in [7, 11) is 0. The average molecular weight is 245 g/mol. The maximum atomic E-state index is 12.4. The van der Waals surface area contributed by atoms with Gasteiger partial charge in [-0.05, 0) is 18.6 Å². The number of benzene rings is 1. The molecule has 4 nitrogen and oxygen atoms in total. The van der Waals surface area contributed by atoms with Crippen LogP contribution in [0.2, 0.25) is 0 Å². The van der Waals surface area contributed by atoms with E-state index in [4.69, 9.17) is 4.74 Å². The fourth-order valence-corrected chi connectivity index (χ4v) is 2.59. The van der Waals surface area contributed by atoms with Crippen LogP contribution >= 0.6 is 0 Å². The van der Waals surface area contributed by atoms with Crippen molar-refractivity contribution in [2.75, 3.05) is 24.7 Å². The van der Waals surface area contributed by atoms with Gasteiger partial charge >= 0.3 is 0 Å². The third-order valence-corrected chi connectivity index (χ3v) is 3.60. The number of amides is 1. The van der Waals surface area contributed by atoms with Crippen molar-refractivity contribution in [3.05, 3.63) is 29.8 Å². The Morgan fingerprint density at radius 2 is 2.17 bits per heavy atom. The quantitative estimate of drug-likeness (QED) is 0.755. The lowest BCUT2D eigenvalue weighted by Crippen LogP contribution is -2.41. The zero-order valence-electron chi connectivity index (χ0n) is 10.1. The normalized spacial score (nSPS) is 23.0. The molecule has 1 atom stereocenters. The highest BCUT2D eigenvalue weighted by atomic mass is 16.5. The summed E-state index contributed by atoms with van der Waals surface area (Å²) in [5, 5.41) is 0. The van der Waals surface area contributed by atoms with Gasteiger partial charge in [-0.1, -0.05) is 12.1 Å². The largest absolute Gasteiger partial charge is 0.381 e. The predicted molar refractivity (Wildman–Crippen MR) is 66.7 cm³/mol. The van der Waals surface area contributed by atoms with E-state index in [-0.39, 0.29) is 17.6 Å². The van der Waals surface area contributed by atoms with E-state index >= 15 is 0 Å². The molecule has 0 radical (unpaired) electrons. The summed E-state index contributed by atoms with van der Waals surface area (Å²) in [6.45, 7) is 1.65. The number of ether oxygens (including phenoxy) is 1. The van der Waals surface area contributed by atoms with Crippen molar-refractivity contribution >= 4 is 17.4 Å². The second kappa shape index (κ2) is 4.53. The molecule has 4 heteroatoms. The summed E-state index contributed by atoms with van der Waals surface area (Å²) in [6, 6.07) is 7.34. The van der Waals surface area contributed by atoms with Gasteiger partial charge in [-0.25, -0.2) is 0 Å². The zero-order valence-corrected chi connectivity index (χ0v) is 10.1. The highest BCUT2D eigenvalue weighted by Crippen LogP contribution is 2.29. The number of para-hydroxylation sites is 1. The molecule has 94 valence electrons. The topological polar surface area (TPSA) is 46.6 Å². The Morgan fingerprint density at radius 3 is 2.94 bits per heavy atom. The van der Waals surface area contributed by atoms with Crippen LogP contribution in [0.4, 0.5) is 5.69 Å². The molecule has 0 aliphatic carbocycles. The van der Waals surface area contributed by atoms with Crippen LogP contribution in [0, 0.1) is 5.92 Å². The summed E-state index contributed by atoms with van der Waals surface area (Å²) in [5.41, 5.74) is 1.42. The third-order valence-electron chi connectivity index (χ3n) is 3.60. The highest BCUT2D eigenvalue weighted by molar-refractivity contribution is 6.09. The summed E-state index contributed by atoms with van der Waals surface area (Å²) in [5.74, 6) is 0.163. The van der Waals surface area contributed by atoms with Crippen LogP contribution in [0.5, 0.6) is 0 Å². The number of Topliss-reactive ketones (excluding diaryl/α,β-unsaturated/α-hetero) is 1. The molecule has 2 aliphatic rings. The van der Waals surface area contributed by atoms with Gasteiger partial charge in [0.25, 0.3) is 0 Å². The number of carbonyl (C=O) groups is 2. The molecule has 3 rings (SSSR count). The van der Waals surface area contributed by atoms with Crippen LogP contribution in [0.25, 0.3) is 0 Å². The second-order valence-electron chi connectivity index (χ2n) is 4.74. The van der Waals surface area contributed by atoms with Crippen molar-refractivity contribution in [3.63, 3.8) is 0 Å². The maximum absolute atomic E-state index is 12.4. The van der Waals surface area contributed by atoms with E-state index in [2.05, 4.69) is 0 Å². The van der Waals surface area contributed by atoms with Crippen molar-refractivity contribution < 1.29 is 14.3 Å². The lowest BCUT2D eigenvalue weighted by Gasteiger charge is -2.30. The fourth-order valence-electron chi connectivity index (χ4n) is 2.59. The Balaban J connectivity index is 1.92. The molecule has 0 N–H and O–H groups in total. The van der Waals surface area contributed by atoms with Crippen LogP contribution in [-0.2, 0) is 9.53 Å². The smallest absolute Gasteiger partial charge is 0.232 e. The fraction of sp³-hybridized carbons (Fsp3) is 0.429. The number of ketones is 1. The monoisotopic (exact) mass is 245 g/mol. The number of nitrogens with zero attached hydrogens (tertiary/aromatic N) is 1. The van der Waals surface area contributed by atoms with Gasteiger partial charge in [0.1, 0.15) is 0 Å². The predicted octanol–water partition coefficient (Wildman–Crippen LogP) is 1.64. The Labute approximate surface area is 106 Å². The lowest BCUT2D eigenvalue weighted by atomic mass is 9.98. The van der Waals surface area contributed by atoms with Gasteiger partial charge in [-0.3, -0.25) is 9.59 Å². The molecule has 2 aliphatic heterocycles. The van der Waals surface area contributed by atoms with Gasteiger partial charge < -0.3 is 9.64 Å². The average Bonchev–Trinajstić information content (AvgIpc) is 2.93. The van der Waals surface area contributed by atoms with Crippen molar-refractivity contribution in [2.45, 2.75) is 12.8 Å². The molecule has 1 amide bonds. The summed E-state index contributed by atoms with van der Waals surface area (Å²) in [6.07, 6.45) is 1.20. The molecule has 1 saturated heterocycles. The minimum atomic E-state index is -0.0498. The van der Waals surface area contributed by atoms with Crippen LogP contribution in [0.1, 0.15) is 23.2 Å². The third kappa shape index (κ3) is 1.82. The van der Waals surface area contributed by atoms with Crippen molar-refractivity contribution in [1.82, 2.24) is 0 Å². The highest BCUT2D eigenvalue weighted by Gasteiger charge is 2.32. The van der Waals surface area contributed by atoms with E-state index in [1.165, 1.54) is 0 Å². The molecule has 0 aromatic heterocycles. The van der Waals surface area contributed by atoms with Crippen LogP contribution in [-0.4, -0.2) is 31.4 Å². The number of hydrogen-bond acceptors (Lipinski definition) is 3. The first-order valence-electron chi connectivity index (χ1n) is 6.29. The molecule has 1 aromatic carbocycles. The lowest BCUT2D eigenvalue weighted by molar-refractivity contribution is -0.122. The van der Waals surface area contributed by atoms with E-state index in [0.717, 1.165) is 12.1 Å². The molecule has 0 spiro atoms. The molecule has 18 heavy (non-hydrogen) atoms. The van der Waals surface area contributed by atoms with Crippen molar-refractivity contribution in [3.8, 4) is 0 Å². The van der Waals surface area contributed by atoms with E-state index in [0.29, 0.717) is 31.7 Å². The number of rotatable bonds is 1. The number of carbonyl (C=O) groups excluding carboxylic acids is 2. The van der Waals surface area contributed by atoms with E-state index < -0.39 is 0 Å². The van der Waals surface area contributed by atoms with E-state index in [9.17, 15) is 9.59 Å². The molecule has 1 unspecified atom stereocenters. The Kier molecular flexibility index (Phi) is 2.88. The molecule has 1 aromatic rings. The molecule has 2 heterocycles. The van der Waals surface area contributed by atoms with Gasteiger partial charge in [-0.15, -0.1) is 0 Å². The number of anilines is 1. The minimum Gasteiger partial charge on any atom is -0.381 e. The Hall–Kier alpha value is -1.68. The second-order valence-corrected chi connectivity index (χ2v) is 4.74. The Morgan fingerprint density at radius 1 is 1.33 bits per heavy atom. The zero-order chi connectivity index (χ0) is 12.5. The first kappa shape index (κ1) is 11.4. The molecular weight excluding hydrogens is 230 g/mol. The molecule has 0 bridgehead atoms. The van der Waals surface area contributed by atoms with Gasteiger partial charge in [0.2, 0.25) is 5.91 Å². The maximum Gasteiger partial charge on any atom is 0.232 e. The van der Waals surface area contributed by atoms with Crippen molar-refractivity contribution in [1.29, 1.82) is 0 Å². The van der Waals surface area contributed by atoms with Gasteiger partial charge in [0, 0.05) is 25.1 Å². The van der Waals surface area contributed by atoms with Crippen LogP contribution in [0.3, 0.4) is 0 Å². The first-order chi connectivity index (χ1) is 8.77. The summed E-state index contributed by atoms with van der Waals surface area (Å²) in [4.78, 5) is 26.0.